The van der Waals surface area contributed by atoms with Crippen LogP contribution >= 0.6 is 0 Å². The van der Waals surface area contributed by atoms with Crippen LogP contribution in [0.3, 0.4) is 0 Å². The highest BCUT2D eigenvalue weighted by Gasteiger charge is 2.27. The molecule has 0 N–H and O–H groups in total. The summed E-state index contributed by atoms with van der Waals surface area (Å²) in [5.41, 5.74) is 0.882. The zero-order valence-corrected chi connectivity index (χ0v) is 15.7. The van der Waals surface area contributed by atoms with E-state index in [9.17, 15) is 14.4 Å². The van der Waals surface area contributed by atoms with Crippen LogP contribution in [0.4, 0.5) is 0 Å². The Hall–Kier alpha value is -2.89. The van der Waals surface area contributed by atoms with Gasteiger partial charge in [-0.1, -0.05) is 42.5 Å². The first-order valence-electron chi connectivity index (χ1n) is 9.16. The predicted octanol–water partition coefficient (Wildman–Crippen LogP) is 2.00. The number of hydrogen-bond donors (Lipinski definition) is 0. The summed E-state index contributed by atoms with van der Waals surface area (Å²) in [6.45, 7) is 5.07. The zero-order valence-electron chi connectivity index (χ0n) is 15.7. The van der Waals surface area contributed by atoms with Crippen molar-refractivity contribution in [2.75, 3.05) is 26.2 Å². The van der Waals surface area contributed by atoms with Crippen molar-refractivity contribution in [3.63, 3.8) is 0 Å². The monoisotopic (exact) mass is 368 g/mol. The summed E-state index contributed by atoms with van der Waals surface area (Å²) in [4.78, 5) is 39.6. The first-order chi connectivity index (χ1) is 13.0. The molecule has 2 aromatic rings. The Balaban J connectivity index is 1.57. The number of piperazine rings is 1. The Morgan fingerprint density at radius 3 is 2.30 bits per heavy atom. The summed E-state index contributed by atoms with van der Waals surface area (Å²) in [7, 11) is 0. The maximum absolute atomic E-state index is 12.5. The van der Waals surface area contributed by atoms with E-state index in [0.29, 0.717) is 26.2 Å². The van der Waals surface area contributed by atoms with Crippen molar-refractivity contribution in [3.8, 4) is 0 Å². The third kappa shape index (κ3) is 4.45. The molecule has 0 aromatic heterocycles. The van der Waals surface area contributed by atoms with Gasteiger partial charge in [0, 0.05) is 33.1 Å². The lowest BCUT2D eigenvalue weighted by Gasteiger charge is -2.35. The van der Waals surface area contributed by atoms with E-state index < -0.39 is 12.1 Å². The van der Waals surface area contributed by atoms with Crippen LogP contribution < -0.4 is 0 Å². The average molecular weight is 368 g/mol. The fourth-order valence-electron chi connectivity index (χ4n) is 3.39. The molecule has 2 amide bonds. The molecule has 142 valence electrons. The summed E-state index contributed by atoms with van der Waals surface area (Å²) in [6.07, 6.45) is -0.715. The van der Waals surface area contributed by atoms with Crippen LogP contribution in [0, 0.1) is 0 Å². The summed E-state index contributed by atoms with van der Waals surface area (Å²) in [6, 6.07) is 13.7. The molecule has 1 aliphatic rings. The Morgan fingerprint density at radius 1 is 0.963 bits per heavy atom. The third-order valence-electron chi connectivity index (χ3n) is 4.91. The van der Waals surface area contributed by atoms with E-state index in [1.54, 1.807) is 16.7 Å². The van der Waals surface area contributed by atoms with Gasteiger partial charge in [-0.25, -0.2) is 0 Å². The van der Waals surface area contributed by atoms with Crippen LogP contribution in [0.1, 0.15) is 19.4 Å². The maximum Gasteiger partial charge on any atom is 0.311 e. The zero-order chi connectivity index (χ0) is 19.4. The van der Waals surface area contributed by atoms with Crippen LogP contribution in [-0.4, -0.2) is 59.9 Å². The number of carbonyl (C=O) groups excluding carboxylic acids is 3. The molecule has 0 aliphatic carbocycles. The van der Waals surface area contributed by atoms with Gasteiger partial charge in [0.25, 0.3) is 5.91 Å². The number of hydrogen-bond acceptors (Lipinski definition) is 4. The van der Waals surface area contributed by atoms with Crippen LogP contribution in [0.5, 0.6) is 0 Å². The predicted molar refractivity (Wildman–Crippen MR) is 102 cm³/mol. The summed E-state index contributed by atoms with van der Waals surface area (Å²) in [5.74, 6) is -0.629. The molecular formula is C21H24N2O4. The second-order valence-corrected chi connectivity index (χ2v) is 6.78. The Kier molecular flexibility index (Phi) is 5.74. The van der Waals surface area contributed by atoms with Crippen molar-refractivity contribution in [1.29, 1.82) is 0 Å². The molecule has 1 heterocycles. The minimum atomic E-state index is -0.837. The van der Waals surface area contributed by atoms with E-state index in [1.165, 1.54) is 6.92 Å². The molecule has 27 heavy (non-hydrogen) atoms. The molecule has 6 heteroatoms. The van der Waals surface area contributed by atoms with Gasteiger partial charge in [0.2, 0.25) is 5.91 Å². The summed E-state index contributed by atoms with van der Waals surface area (Å²) < 4.78 is 5.38. The van der Waals surface area contributed by atoms with E-state index >= 15 is 0 Å². The molecule has 1 saturated heterocycles. The van der Waals surface area contributed by atoms with E-state index in [1.807, 2.05) is 42.5 Å². The van der Waals surface area contributed by atoms with Crippen molar-refractivity contribution in [2.45, 2.75) is 26.4 Å². The standard InChI is InChI=1S/C21H24N2O4/c1-15(21(26)23-12-10-22(11-13-23)16(2)24)27-20(25)14-18-8-5-7-17-6-3-4-9-19(17)18/h3-9,15H,10-14H2,1-2H3/t15-/m0/s1. The molecule has 0 bridgehead atoms. The van der Waals surface area contributed by atoms with Gasteiger partial charge < -0.3 is 14.5 Å². The van der Waals surface area contributed by atoms with Crippen molar-refractivity contribution >= 4 is 28.6 Å². The smallest absolute Gasteiger partial charge is 0.311 e. The number of amides is 2. The molecule has 0 saturated carbocycles. The van der Waals surface area contributed by atoms with Gasteiger partial charge in [0.15, 0.2) is 6.10 Å². The average Bonchev–Trinajstić information content (AvgIpc) is 2.67. The fraction of sp³-hybridized carbons (Fsp3) is 0.381. The Bertz CT molecular complexity index is 851. The SMILES string of the molecule is CC(=O)N1CCN(C(=O)[C@H](C)OC(=O)Cc2cccc3ccccc23)CC1. The molecular weight excluding hydrogens is 344 g/mol. The lowest BCUT2D eigenvalue weighted by atomic mass is 10.0. The first-order valence-corrected chi connectivity index (χ1v) is 9.16. The topological polar surface area (TPSA) is 66.9 Å². The molecule has 1 atom stereocenters. The lowest BCUT2D eigenvalue weighted by Crippen LogP contribution is -2.52. The summed E-state index contributed by atoms with van der Waals surface area (Å²) >= 11 is 0. The molecule has 2 aromatic carbocycles. The molecule has 0 spiro atoms. The van der Waals surface area contributed by atoms with Gasteiger partial charge in [-0.15, -0.1) is 0 Å². The van der Waals surface area contributed by atoms with Crippen LogP contribution in [0.25, 0.3) is 10.8 Å². The van der Waals surface area contributed by atoms with E-state index in [4.69, 9.17) is 4.74 Å². The number of ether oxygens (including phenoxy) is 1. The van der Waals surface area contributed by atoms with Crippen LogP contribution in [0.15, 0.2) is 42.5 Å². The highest BCUT2D eigenvalue weighted by molar-refractivity contribution is 5.90. The molecule has 0 radical (unpaired) electrons. The molecule has 1 fully saturated rings. The minimum absolute atomic E-state index is 0.0108. The van der Waals surface area contributed by atoms with Crippen LogP contribution in [0.2, 0.25) is 0 Å². The lowest BCUT2D eigenvalue weighted by molar-refractivity contribution is -0.159. The van der Waals surface area contributed by atoms with Crippen LogP contribution in [-0.2, 0) is 25.5 Å². The largest absolute Gasteiger partial charge is 0.452 e. The highest BCUT2D eigenvalue weighted by Crippen LogP contribution is 2.19. The highest BCUT2D eigenvalue weighted by atomic mass is 16.5. The number of fused-ring (bicyclic) bond motifs is 1. The maximum atomic E-state index is 12.5. The van der Waals surface area contributed by atoms with Gasteiger partial charge in [-0.2, -0.15) is 0 Å². The van der Waals surface area contributed by atoms with Crippen molar-refractivity contribution in [1.82, 2.24) is 9.80 Å². The van der Waals surface area contributed by atoms with Gasteiger partial charge in [0.1, 0.15) is 0 Å². The van der Waals surface area contributed by atoms with Crippen molar-refractivity contribution in [3.05, 3.63) is 48.0 Å². The van der Waals surface area contributed by atoms with Gasteiger partial charge in [-0.05, 0) is 23.3 Å². The number of esters is 1. The first kappa shape index (κ1) is 18.9. The summed E-state index contributed by atoms with van der Waals surface area (Å²) in [5, 5.41) is 2.08. The van der Waals surface area contributed by atoms with E-state index in [-0.39, 0.29) is 18.2 Å². The molecule has 3 rings (SSSR count). The second-order valence-electron chi connectivity index (χ2n) is 6.78. The normalized spacial score (nSPS) is 15.5. The molecule has 1 aliphatic heterocycles. The fourth-order valence-corrected chi connectivity index (χ4v) is 3.39. The third-order valence-corrected chi connectivity index (χ3v) is 4.91. The number of rotatable bonds is 4. The molecule has 0 unspecified atom stereocenters. The number of carbonyl (C=O) groups is 3. The van der Waals surface area contributed by atoms with Crippen molar-refractivity contribution < 1.29 is 19.1 Å². The van der Waals surface area contributed by atoms with Gasteiger partial charge in [-0.3, -0.25) is 14.4 Å². The minimum Gasteiger partial charge on any atom is -0.452 e. The van der Waals surface area contributed by atoms with E-state index in [2.05, 4.69) is 0 Å². The van der Waals surface area contributed by atoms with E-state index in [0.717, 1.165) is 16.3 Å². The Labute approximate surface area is 158 Å². The number of benzene rings is 2. The van der Waals surface area contributed by atoms with Crippen molar-refractivity contribution in [2.24, 2.45) is 0 Å². The quantitative estimate of drug-likeness (QED) is 0.775. The Morgan fingerprint density at radius 2 is 1.59 bits per heavy atom. The second kappa shape index (κ2) is 8.20. The molecule has 6 nitrogen and oxygen atoms in total. The van der Waals surface area contributed by atoms with Gasteiger partial charge in [0.05, 0.1) is 6.42 Å². The number of nitrogens with zero attached hydrogens (tertiary/aromatic N) is 2. The van der Waals surface area contributed by atoms with Gasteiger partial charge >= 0.3 is 5.97 Å².